The molecule has 32 heavy (non-hydrogen) atoms. The number of nitrogens with zero attached hydrogens (tertiary/aromatic N) is 3. The molecular weight excluding hydrogens is 486 g/mol. The van der Waals surface area contributed by atoms with Crippen molar-refractivity contribution in [2.75, 3.05) is 0 Å². The van der Waals surface area contributed by atoms with Gasteiger partial charge in [-0.05, 0) is 68.5 Å². The van der Waals surface area contributed by atoms with Crippen molar-refractivity contribution in [3.05, 3.63) is 62.8 Å². The van der Waals surface area contributed by atoms with Crippen LogP contribution in [0.25, 0.3) is 11.0 Å². The number of aromatic nitrogens is 2. The summed E-state index contributed by atoms with van der Waals surface area (Å²) < 4.78 is 3.36. The lowest BCUT2D eigenvalue weighted by molar-refractivity contribution is 0.0655. The van der Waals surface area contributed by atoms with E-state index in [-0.39, 0.29) is 11.9 Å². The molecule has 1 heterocycles. The van der Waals surface area contributed by atoms with Crippen LogP contribution in [0.15, 0.2) is 40.9 Å². The third kappa shape index (κ3) is 4.22. The molecule has 0 bridgehead atoms. The van der Waals surface area contributed by atoms with Crippen LogP contribution in [0.3, 0.4) is 0 Å². The van der Waals surface area contributed by atoms with Gasteiger partial charge in [0, 0.05) is 27.1 Å². The molecule has 2 aliphatic carbocycles. The highest BCUT2D eigenvalue weighted by atomic mass is 79.9. The molecule has 1 aromatic heterocycles. The van der Waals surface area contributed by atoms with Crippen LogP contribution in [0.5, 0.6) is 0 Å². The van der Waals surface area contributed by atoms with E-state index >= 15 is 0 Å². The summed E-state index contributed by atoms with van der Waals surface area (Å²) in [5.74, 6) is 1.08. The van der Waals surface area contributed by atoms with Gasteiger partial charge in [0.25, 0.3) is 5.91 Å². The zero-order valence-corrected chi connectivity index (χ0v) is 20.8. The molecule has 4 nitrogen and oxygen atoms in total. The van der Waals surface area contributed by atoms with Gasteiger partial charge in [0.2, 0.25) is 0 Å². The van der Waals surface area contributed by atoms with Gasteiger partial charge >= 0.3 is 0 Å². The molecule has 0 N–H and O–H groups in total. The van der Waals surface area contributed by atoms with Crippen LogP contribution >= 0.6 is 27.5 Å². The maximum atomic E-state index is 13.7. The number of aryl methyl sites for hydroxylation is 1. The Bertz CT molecular complexity index is 1150. The molecule has 3 aromatic rings. The van der Waals surface area contributed by atoms with E-state index in [0.29, 0.717) is 12.6 Å². The molecular formula is C26H29BrClN3O. The quantitative estimate of drug-likeness (QED) is 0.354. The van der Waals surface area contributed by atoms with E-state index in [1.54, 1.807) is 0 Å². The molecule has 2 fully saturated rings. The fourth-order valence-corrected chi connectivity index (χ4v) is 5.97. The Morgan fingerprint density at radius 1 is 1.09 bits per heavy atom. The fourth-order valence-electron chi connectivity index (χ4n) is 5.42. The first kappa shape index (κ1) is 22.0. The summed E-state index contributed by atoms with van der Waals surface area (Å²) in [4.78, 5) is 20.8. The zero-order chi connectivity index (χ0) is 22.2. The molecule has 6 heteroatoms. The normalized spacial score (nSPS) is 17.5. The minimum atomic E-state index is 0.0978. The predicted molar refractivity (Wildman–Crippen MR) is 133 cm³/mol. The highest BCUT2D eigenvalue weighted by molar-refractivity contribution is 9.10. The van der Waals surface area contributed by atoms with E-state index < -0.39 is 0 Å². The van der Waals surface area contributed by atoms with Gasteiger partial charge in [-0.3, -0.25) is 4.79 Å². The van der Waals surface area contributed by atoms with Crippen LogP contribution in [0.1, 0.15) is 79.2 Å². The Hall–Kier alpha value is -1.85. The van der Waals surface area contributed by atoms with Gasteiger partial charge in [0.15, 0.2) is 0 Å². The highest BCUT2D eigenvalue weighted by Crippen LogP contribution is 2.36. The SMILES string of the molecule is Cc1ccc(C(=O)N(Cc2nc3ccc(Cl)cc3n2C2CCCC2)C2CCCC2)cc1Br. The summed E-state index contributed by atoms with van der Waals surface area (Å²) in [5, 5.41) is 0.733. The number of carbonyl (C=O) groups is 1. The number of halogens is 2. The first-order chi connectivity index (χ1) is 15.5. The summed E-state index contributed by atoms with van der Waals surface area (Å²) in [7, 11) is 0. The monoisotopic (exact) mass is 513 g/mol. The Kier molecular flexibility index (Phi) is 6.31. The Labute approximate surface area is 203 Å². The molecule has 2 aliphatic rings. The molecule has 0 saturated heterocycles. The van der Waals surface area contributed by atoms with E-state index in [1.165, 1.54) is 25.7 Å². The second-order valence-electron chi connectivity index (χ2n) is 9.30. The van der Waals surface area contributed by atoms with E-state index in [0.717, 1.165) is 63.2 Å². The number of rotatable bonds is 5. The molecule has 0 spiro atoms. The first-order valence-electron chi connectivity index (χ1n) is 11.7. The van der Waals surface area contributed by atoms with E-state index in [2.05, 4.69) is 25.4 Å². The summed E-state index contributed by atoms with van der Waals surface area (Å²) in [6.07, 6.45) is 9.30. The van der Waals surface area contributed by atoms with Crippen LogP contribution in [0, 0.1) is 6.92 Å². The summed E-state index contributed by atoms with van der Waals surface area (Å²) in [5.41, 5.74) is 3.93. The Balaban J connectivity index is 1.55. The van der Waals surface area contributed by atoms with Crippen molar-refractivity contribution in [1.29, 1.82) is 0 Å². The third-order valence-electron chi connectivity index (χ3n) is 7.17. The van der Waals surface area contributed by atoms with Crippen LogP contribution in [0.4, 0.5) is 0 Å². The van der Waals surface area contributed by atoms with Gasteiger partial charge in [0.1, 0.15) is 5.82 Å². The number of imidazole rings is 1. The zero-order valence-electron chi connectivity index (χ0n) is 18.5. The first-order valence-corrected chi connectivity index (χ1v) is 12.9. The third-order valence-corrected chi connectivity index (χ3v) is 8.26. The molecule has 5 rings (SSSR count). The number of benzene rings is 2. The van der Waals surface area contributed by atoms with Crippen molar-refractivity contribution >= 4 is 44.5 Å². The minimum absolute atomic E-state index is 0.0978. The second-order valence-corrected chi connectivity index (χ2v) is 10.6. The molecule has 168 valence electrons. The van der Waals surface area contributed by atoms with Crippen LogP contribution in [-0.4, -0.2) is 26.4 Å². The number of carbonyl (C=O) groups excluding carboxylic acids is 1. The van der Waals surface area contributed by atoms with E-state index in [4.69, 9.17) is 16.6 Å². The standard InChI is InChI=1S/C26H29BrClN3O/c1-17-10-11-18(14-22(17)27)26(32)30(20-6-2-3-7-20)16-25-29-23-13-12-19(28)15-24(23)31(25)21-8-4-5-9-21/h10-15,20-21H,2-9,16H2,1H3. The van der Waals surface area contributed by atoms with Crippen molar-refractivity contribution in [3.63, 3.8) is 0 Å². The largest absolute Gasteiger partial charge is 0.328 e. The second kappa shape index (κ2) is 9.18. The molecule has 0 atom stereocenters. The minimum Gasteiger partial charge on any atom is -0.328 e. The lowest BCUT2D eigenvalue weighted by Gasteiger charge is -2.30. The van der Waals surface area contributed by atoms with Crippen molar-refractivity contribution < 1.29 is 4.79 Å². The number of fused-ring (bicyclic) bond motifs is 1. The summed E-state index contributed by atoms with van der Waals surface area (Å²) in [6, 6.07) is 12.6. The topological polar surface area (TPSA) is 38.1 Å². The van der Waals surface area contributed by atoms with E-state index in [9.17, 15) is 4.79 Å². The predicted octanol–water partition coefficient (Wildman–Crippen LogP) is 7.46. The summed E-state index contributed by atoms with van der Waals surface area (Å²) >= 11 is 9.96. The molecule has 0 aliphatic heterocycles. The van der Waals surface area contributed by atoms with Crippen molar-refractivity contribution in [3.8, 4) is 0 Å². The number of hydrogen-bond acceptors (Lipinski definition) is 2. The van der Waals surface area contributed by atoms with Gasteiger partial charge < -0.3 is 9.47 Å². The smallest absolute Gasteiger partial charge is 0.254 e. The van der Waals surface area contributed by atoms with Gasteiger partial charge in [-0.1, -0.05) is 59.3 Å². The average Bonchev–Trinajstić information content (AvgIpc) is 3.54. The molecule has 0 radical (unpaired) electrons. The van der Waals surface area contributed by atoms with Gasteiger partial charge in [-0.25, -0.2) is 4.98 Å². The van der Waals surface area contributed by atoms with E-state index in [1.807, 2.05) is 43.3 Å². The van der Waals surface area contributed by atoms with Crippen molar-refractivity contribution in [2.45, 2.75) is 76.9 Å². The molecule has 2 saturated carbocycles. The van der Waals surface area contributed by atoms with Crippen LogP contribution in [0.2, 0.25) is 5.02 Å². The highest BCUT2D eigenvalue weighted by Gasteiger charge is 2.31. The lowest BCUT2D eigenvalue weighted by Crippen LogP contribution is -2.39. The maximum absolute atomic E-state index is 13.7. The van der Waals surface area contributed by atoms with Crippen LogP contribution < -0.4 is 0 Å². The summed E-state index contributed by atoms with van der Waals surface area (Å²) in [6.45, 7) is 2.58. The van der Waals surface area contributed by atoms with Gasteiger partial charge in [-0.2, -0.15) is 0 Å². The van der Waals surface area contributed by atoms with Gasteiger partial charge in [0.05, 0.1) is 17.6 Å². The lowest BCUT2D eigenvalue weighted by atomic mass is 10.1. The van der Waals surface area contributed by atoms with Crippen LogP contribution in [-0.2, 0) is 6.54 Å². The Morgan fingerprint density at radius 2 is 1.81 bits per heavy atom. The molecule has 0 unspecified atom stereocenters. The van der Waals surface area contributed by atoms with Crippen molar-refractivity contribution in [2.24, 2.45) is 0 Å². The number of hydrogen-bond donors (Lipinski definition) is 0. The fraction of sp³-hybridized carbons (Fsp3) is 0.462. The maximum Gasteiger partial charge on any atom is 0.254 e. The van der Waals surface area contributed by atoms with Crippen molar-refractivity contribution in [1.82, 2.24) is 14.5 Å². The molecule has 2 aromatic carbocycles. The number of amides is 1. The average molecular weight is 515 g/mol. The molecule has 1 amide bonds. The Morgan fingerprint density at radius 3 is 2.53 bits per heavy atom. The van der Waals surface area contributed by atoms with Gasteiger partial charge in [-0.15, -0.1) is 0 Å².